The number of ether oxygens (including phenoxy) is 1. The van der Waals surface area contributed by atoms with Crippen LogP contribution >= 0.6 is 0 Å². The van der Waals surface area contributed by atoms with E-state index >= 15 is 0 Å². The molecule has 90 valence electrons. The number of carbonyl (C=O) groups excluding carboxylic acids is 1. The fourth-order valence-corrected chi connectivity index (χ4v) is 3.80. The van der Waals surface area contributed by atoms with Gasteiger partial charge in [0.2, 0.25) is 0 Å². The predicted molar refractivity (Wildman–Crippen MR) is 64.0 cm³/mol. The Bertz CT molecular complexity index is 319. The predicted octanol–water partition coefficient (Wildman–Crippen LogP) is 3.46. The highest BCUT2D eigenvalue weighted by Crippen LogP contribution is 2.55. The topological polar surface area (TPSA) is 26.3 Å². The van der Waals surface area contributed by atoms with E-state index < -0.39 is 0 Å². The molecule has 0 aromatic rings. The summed E-state index contributed by atoms with van der Waals surface area (Å²) < 4.78 is 5.50. The summed E-state index contributed by atoms with van der Waals surface area (Å²) in [5, 5.41) is 0. The molecule has 2 aliphatic carbocycles. The number of hydrogen-bond acceptors (Lipinski definition) is 2. The summed E-state index contributed by atoms with van der Waals surface area (Å²) in [4.78, 5) is 11.1. The molecule has 0 saturated heterocycles. The van der Waals surface area contributed by atoms with Crippen molar-refractivity contribution in [2.75, 3.05) is 0 Å². The van der Waals surface area contributed by atoms with Gasteiger partial charge in [-0.1, -0.05) is 18.6 Å². The molecule has 2 aliphatic rings. The SMILES string of the molecule is CC=C1CCC2C(OC(C)=O)CCCC12C. The van der Waals surface area contributed by atoms with E-state index in [1.165, 1.54) is 32.6 Å². The van der Waals surface area contributed by atoms with Crippen LogP contribution in [-0.2, 0) is 9.53 Å². The minimum absolute atomic E-state index is 0.122. The Labute approximate surface area is 98.1 Å². The molecule has 0 radical (unpaired) electrons. The maximum atomic E-state index is 11.1. The molecule has 3 atom stereocenters. The number of rotatable bonds is 1. The third-order valence-corrected chi connectivity index (χ3v) is 4.58. The first-order valence-corrected chi connectivity index (χ1v) is 6.41. The van der Waals surface area contributed by atoms with E-state index in [1.807, 2.05) is 0 Å². The van der Waals surface area contributed by atoms with E-state index in [1.54, 1.807) is 5.57 Å². The first-order valence-electron chi connectivity index (χ1n) is 6.41. The summed E-state index contributed by atoms with van der Waals surface area (Å²) in [6.45, 7) is 6.02. The minimum Gasteiger partial charge on any atom is -0.462 e. The molecular formula is C14H22O2. The molecule has 2 heteroatoms. The molecule has 0 heterocycles. The summed E-state index contributed by atoms with van der Waals surface area (Å²) >= 11 is 0. The summed E-state index contributed by atoms with van der Waals surface area (Å²) in [5.41, 5.74) is 1.88. The summed E-state index contributed by atoms with van der Waals surface area (Å²) in [6, 6.07) is 0. The van der Waals surface area contributed by atoms with Crippen LogP contribution in [-0.4, -0.2) is 12.1 Å². The van der Waals surface area contributed by atoms with Crippen molar-refractivity contribution in [1.29, 1.82) is 0 Å². The van der Waals surface area contributed by atoms with Gasteiger partial charge in [-0.25, -0.2) is 0 Å². The van der Waals surface area contributed by atoms with Gasteiger partial charge >= 0.3 is 5.97 Å². The number of carbonyl (C=O) groups is 1. The zero-order chi connectivity index (χ0) is 11.8. The van der Waals surface area contributed by atoms with Crippen molar-refractivity contribution in [3.8, 4) is 0 Å². The van der Waals surface area contributed by atoms with E-state index in [2.05, 4.69) is 19.9 Å². The molecule has 16 heavy (non-hydrogen) atoms. The summed E-state index contributed by atoms with van der Waals surface area (Å²) in [7, 11) is 0. The van der Waals surface area contributed by atoms with Gasteiger partial charge in [0.25, 0.3) is 0 Å². The minimum atomic E-state index is -0.122. The lowest BCUT2D eigenvalue weighted by Gasteiger charge is -2.42. The molecule has 2 nitrogen and oxygen atoms in total. The van der Waals surface area contributed by atoms with Gasteiger partial charge in [-0.15, -0.1) is 0 Å². The van der Waals surface area contributed by atoms with Crippen LogP contribution in [0.1, 0.15) is 52.9 Å². The molecular weight excluding hydrogens is 200 g/mol. The van der Waals surface area contributed by atoms with E-state index in [4.69, 9.17) is 4.74 Å². The molecule has 2 fully saturated rings. The second kappa shape index (κ2) is 4.23. The van der Waals surface area contributed by atoms with Crippen molar-refractivity contribution in [1.82, 2.24) is 0 Å². The van der Waals surface area contributed by atoms with Gasteiger partial charge in [0.1, 0.15) is 6.10 Å². The first kappa shape index (κ1) is 11.7. The van der Waals surface area contributed by atoms with Crippen molar-refractivity contribution in [3.63, 3.8) is 0 Å². The fourth-order valence-electron chi connectivity index (χ4n) is 3.80. The van der Waals surface area contributed by atoms with Crippen LogP contribution in [0.4, 0.5) is 0 Å². The largest absolute Gasteiger partial charge is 0.462 e. The fraction of sp³-hybridized carbons (Fsp3) is 0.786. The second-order valence-electron chi connectivity index (χ2n) is 5.42. The lowest BCUT2D eigenvalue weighted by molar-refractivity contribution is -0.153. The Morgan fingerprint density at radius 2 is 2.25 bits per heavy atom. The van der Waals surface area contributed by atoms with E-state index in [9.17, 15) is 4.79 Å². The normalized spacial score (nSPS) is 40.8. The third kappa shape index (κ3) is 1.79. The second-order valence-corrected chi connectivity index (χ2v) is 5.42. The smallest absolute Gasteiger partial charge is 0.302 e. The molecule has 0 N–H and O–H groups in total. The van der Waals surface area contributed by atoms with Crippen LogP contribution < -0.4 is 0 Å². The van der Waals surface area contributed by atoms with Crippen molar-refractivity contribution in [2.24, 2.45) is 11.3 Å². The van der Waals surface area contributed by atoms with Crippen molar-refractivity contribution in [3.05, 3.63) is 11.6 Å². The van der Waals surface area contributed by atoms with Crippen molar-refractivity contribution >= 4 is 5.97 Å². The molecule has 0 aromatic carbocycles. The van der Waals surface area contributed by atoms with E-state index in [-0.39, 0.29) is 12.1 Å². The standard InChI is InChI=1S/C14H22O2/c1-4-11-7-8-12-13(16-10(2)15)6-5-9-14(11,12)3/h4,12-13H,5-9H2,1-3H3. The molecule has 3 unspecified atom stereocenters. The highest BCUT2D eigenvalue weighted by Gasteiger charge is 2.49. The molecule has 0 spiro atoms. The van der Waals surface area contributed by atoms with Gasteiger partial charge in [0, 0.05) is 12.8 Å². The average molecular weight is 222 g/mol. The lowest BCUT2D eigenvalue weighted by atomic mass is 9.66. The molecule has 0 aromatic heterocycles. The zero-order valence-corrected chi connectivity index (χ0v) is 10.6. The highest BCUT2D eigenvalue weighted by atomic mass is 16.5. The van der Waals surface area contributed by atoms with Crippen LogP contribution in [0.2, 0.25) is 0 Å². The number of esters is 1. The highest BCUT2D eigenvalue weighted by molar-refractivity contribution is 5.66. The average Bonchev–Trinajstić information content (AvgIpc) is 2.54. The van der Waals surface area contributed by atoms with Gasteiger partial charge in [-0.05, 0) is 44.4 Å². The number of allylic oxidation sites excluding steroid dienone is 2. The van der Waals surface area contributed by atoms with Crippen LogP contribution in [0.5, 0.6) is 0 Å². The van der Waals surface area contributed by atoms with Crippen LogP contribution in [0.15, 0.2) is 11.6 Å². The Balaban J connectivity index is 2.19. The van der Waals surface area contributed by atoms with Crippen molar-refractivity contribution in [2.45, 2.75) is 59.0 Å². The summed E-state index contributed by atoms with van der Waals surface area (Å²) in [5.74, 6) is 0.430. The quantitative estimate of drug-likeness (QED) is 0.501. The Hall–Kier alpha value is -0.790. The van der Waals surface area contributed by atoms with Crippen molar-refractivity contribution < 1.29 is 9.53 Å². The molecule has 2 saturated carbocycles. The van der Waals surface area contributed by atoms with Gasteiger partial charge in [-0.3, -0.25) is 4.79 Å². The molecule has 2 rings (SSSR count). The van der Waals surface area contributed by atoms with Crippen LogP contribution in [0.3, 0.4) is 0 Å². The lowest BCUT2D eigenvalue weighted by Crippen LogP contribution is -2.39. The molecule has 0 aliphatic heterocycles. The monoisotopic (exact) mass is 222 g/mol. The zero-order valence-electron chi connectivity index (χ0n) is 10.6. The summed E-state index contributed by atoms with van der Waals surface area (Å²) in [6.07, 6.45) is 8.31. The molecule has 0 bridgehead atoms. The van der Waals surface area contributed by atoms with Gasteiger partial charge in [0.05, 0.1) is 0 Å². The number of hydrogen-bond donors (Lipinski definition) is 0. The Kier molecular flexibility index (Phi) is 3.09. The third-order valence-electron chi connectivity index (χ3n) is 4.58. The first-order chi connectivity index (χ1) is 7.58. The van der Waals surface area contributed by atoms with Crippen LogP contribution in [0, 0.1) is 11.3 Å². The van der Waals surface area contributed by atoms with Gasteiger partial charge in [-0.2, -0.15) is 0 Å². The maximum absolute atomic E-state index is 11.1. The van der Waals surface area contributed by atoms with Gasteiger partial charge in [0.15, 0.2) is 0 Å². The number of fused-ring (bicyclic) bond motifs is 1. The maximum Gasteiger partial charge on any atom is 0.302 e. The van der Waals surface area contributed by atoms with E-state index in [0.717, 1.165) is 6.42 Å². The Morgan fingerprint density at radius 1 is 1.50 bits per heavy atom. The Morgan fingerprint density at radius 3 is 2.88 bits per heavy atom. The molecule has 0 amide bonds. The van der Waals surface area contributed by atoms with Gasteiger partial charge < -0.3 is 4.74 Å². The van der Waals surface area contributed by atoms with Crippen LogP contribution in [0.25, 0.3) is 0 Å². The van der Waals surface area contributed by atoms with E-state index in [0.29, 0.717) is 11.3 Å².